The predicted octanol–water partition coefficient (Wildman–Crippen LogP) is 5.79. The third kappa shape index (κ3) is 4.75. The summed E-state index contributed by atoms with van der Waals surface area (Å²) in [7, 11) is 0. The number of hydrogen-bond acceptors (Lipinski definition) is 3. The van der Waals surface area contributed by atoms with Gasteiger partial charge in [-0.1, -0.05) is 53.5 Å². The van der Waals surface area contributed by atoms with E-state index in [9.17, 15) is 4.79 Å². The van der Waals surface area contributed by atoms with Crippen molar-refractivity contribution in [1.29, 1.82) is 0 Å². The standard InChI is InChI=1S/C20H14Cl2O3/c21-16-10-11-18(22)19(12-16)25-20(23)15-8-6-14(7-9-15)13-24-17-4-2-1-3-5-17/h1-12H,13H2. The van der Waals surface area contributed by atoms with Gasteiger partial charge in [0.15, 0.2) is 5.75 Å². The van der Waals surface area contributed by atoms with Gasteiger partial charge in [0.2, 0.25) is 0 Å². The maximum Gasteiger partial charge on any atom is 0.343 e. The SMILES string of the molecule is O=C(Oc1cc(Cl)ccc1Cl)c1ccc(COc2ccccc2)cc1. The zero-order valence-corrected chi connectivity index (χ0v) is 14.6. The van der Waals surface area contributed by atoms with Crippen LogP contribution in [0.3, 0.4) is 0 Å². The molecule has 3 aromatic carbocycles. The van der Waals surface area contributed by atoms with Gasteiger partial charge in [-0.2, -0.15) is 0 Å². The Labute approximate surface area is 155 Å². The molecule has 25 heavy (non-hydrogen) atoms. The molecule has 0 saturated carbocycles. The molecule has 0 heterocycles. The molecule has 0 N–H and O–H groups in total. The van der Waals surface area contributed by atoms with Crippen molar-refractivity contribution in [2.24, 2.45) is 0 Å². The number of para-hydroxylation sites is 1. The zero-order chi connectivity index (χ0) is 17.6. The Morgan fingerprint density at radius 1 is 0.880 bits per heavy atom. The van der Waals surface area contributed by atoms with Crippen LogP contribution in [0, 0.1) is 0 Å². The van der Waals surface area contributed by atoms with Crippen LogP contribution in [0.4, 0.5) is 0 Å². The summed E-state index contributed by atoms with van der Waals surface area (Å²) in [5.74, 6) is 0.525. The van der Waals surface area contributed by atoms with Gasteiger partial charge < -0.3 is 9.47 Å². The average Bonchev–Trinajstić information content (AvgIpc) is 2.64. The lowest BCUT2D eigenvalue weighted by Gasteiger charge is -2.08. The Hall–Kier alpha value is -2.49. The van der Waals surface area contributed by atoms with E-state index < -0.39 is 5.97 Å². The zero-order valence-electron chi connectivity index (χ0n) is 13.1. The Bertz CT molecular complexity index is 862. The lowest BCUT2D eigenvalue weighted by atomic mass is 10.1. The first kappa shape index (κ1) is 17.3. The second kappa shape index (κ2) is 8.06. The Kier molecular flexibility index (Phi) is 5.59. The van der Waals surface area contributed by atoms with Crippen LogP contribution >= 0.6 is 23.2 Å². The molecular formula is C20H14Cl2O3. The fraction of sp³-hybridized carbons (Fsp3) is 0.0500. The van der Waals surface area contributed by atoms with Crippen LogP contribution in [-0.4, -0.2) is 5.97 Å². The van der Waals surface area contributed by atoms with Crippen molar-refractivity contribution in [1.82, 2.24) is 0 Å². The molecule has 0 amide bonds. The van der Waals surface area contributed by atoms with Gasteiger partial charge in [-0.25, -0.2) is 4.79 Å². The van der Waals surface area contributed by atoms with Gasteiger partial charge in [0.25, 0.3) is 0 Å². The van der Waals surface area contributed by atoms with E-state index in [0.29, 0.717) is 22.2 Å². The highest BCUT2D eigenvalue weighted by Crippen LogP contribution is 2.28. The number of halogens is 2. The van der Waals surface area contributed by atoms with Gasteiger partial charge in [0, 0.05) is 11.1 Å². The summed E-state index contributed by atoms with van der Waals surface area (Å²) >= 11 is 11.9. The molecule has 5 heteroatoms. The van der Waals surface area contributed by atoms with E-state index in [1.165, 1.54) is 6.07 Å². The lowest BCUT2D eigenvalue weighted by Crippen LogP contribution is -2.09. The van der Waals surface area contributed by atoms with Crippen LogP contribution in [0.5, 0.6) is 11.5 Å². The van der Waals surface area contributed by atoms with Gasteiger partial charge >= 0.3 is 5.97 Å². The van der Waals surface area contributed by atoms with Crippen LogP contribution in [0.2, 0.25) is 10.0 Å². The largest absolute Gasteiger partial charge is 0.489 e. The Morgan fingerprint density at radius 2 is 1.60 bits per heavy atom. The van der Waals surface area contributed by atoms with E-state index in [-0.39, 0.29) is 5.75 Å². The number of ether oxygens (including phenoxy) is 2. The molecule has 0 fully saturated rings. The molecule has 0 radical (unpaired) electrons. The van der Waals surface area contributed by atoms with E-state index in [1.807, 2.05) is 42.5 Å². The summed E-state index contributed by atoms with van der Waals surface area (Å²) in [4.78, 5) is 12.2. The first-order valence-corrected chi connectivity index (χ1v) is 8.31. The number of benzene rings is 3. The third-order valence-electron chi connectivity index (χ3n) is 3.43. The highest BCUT2D eigenvalue weighted by atomic mass is 35.5. The molecule has 3 aromatic rings. The van der Waals surface area contributed by atoms with Crippen molar-refractivity contribution < 1.29 is 14.3 Å². The summed E-state index contributed by atoms with van der Waals surface area (Å²) in [6, 6.07) is 21.3. The Morgan fingerprint density at radius 3 is 2.32 bits per heavy atom. The monoisotopic (exact) mass is 372 g/mol. The van der Waals surface area contributed by atoms with E-state index in [2.05, 4.69) is 0 Å². The maximum absolute atomic E-state index is 12.2. The molecule has 0 aliphatic heterocycles. The van der Waals surface area contributed by atoms with Crippen LogP contribution in [-0.2, 0) is 6.61 Å². The summed E-state index contributed by atoms with van der Waals surface area (Å²) in [6.45, 7) is 0.416. The third-order valence-corrected chi connectivity index (χ3v) is 3.98. The van der Waals surface area contributed by atoms with Crippen LogP contribution in [0.1, 0.15) is 15.9 Å². The molecule has 0 unspecified atom stereocenters. The molecule has 0 aliphatic rings. The molecule has 0 spiro atoms. The second-order valence-electron chi connectivity index (χ2n) is 5.26. The molecule has 0 saturated heterocycles. The van der Waals surface area contributed by atoms with Crippen LogP contribution in [0.25, 0.3) is 0 Å². The molecule has 0 aliphatic carbocycles. The molecule has 0 aromatic heterocycles. The summed E-state index contributed by atoms with van der Waals surface area (Å²) in [6.07, 6.45) is 0. The van der Waals surface area contributed by atoms with Gasteiger partial charge in [0.05, 0.1) is 10.6 Å². The molecular weight excluding hydrogens is 359 g/mol. The van der Waals surface area contributed by atoms with Crippen LogP contribution < -0.4 is 9.47 Å². The minimum absolute atomic E-state index is 0.232. The minimum atomic E-state index is -0.500. The highest BCUT2D eigenvalue weighted by molar-refractivity contribution is 6.34. The summed E-state index contributed by atoms with van der Waals surface area (Å²) in [5, 5.41) is 0.770. The van der Waals surface area contributed by atoms with Gasteiger partial charge in [0.1, 0.15) is 12.4 Å². The fourth-order valence-electron chi connectivity index (χ4n) is 2.13. The van der Waals surface area contributed by atoms with E-state index in [4.69, 9.17) is 32.7 Å². The van der Waals surface area contributed by atoms with E-state index in [1.54, 1.807) is 24.3 Å². The molecule has 0 atom stereocenters. The van der Waals surface area contributed by atoms with E-state index >= 15 is 0 Å². The van der Waals surface area contributed by atoms with Gasteiger partial charge in [-0.15, -0.1) is 0 Å². The smallest absolute Gasteiger partial charge is 0.343 e. The van der Waals surface area contributed by atoms with Crippen molar-refractivity contribution in [3.63, 3.8) is 0 Å². The minimum Gasteiger partial charge on any atom is -0.489 e. The second-order valence-corrected chi connectivity index (χ2v) is 6.11. The highest BCUT2D eigenvalue weighted by Gasteiger charge is 2.11. The van der Waals surface area contributed by atoms with Gasteiger partial charge in [-0.05, 0) is 42.0 Å². The molecule has 0 bridgehead atoms. The van der Waals surface area contributed by atoms with Crippen molar-refractivity contribution in [2.75, 3.05) is 0 Å². The first-order chi connectivity index (χ1) is 12.1. The Balaban J connectivity index is 1.63. The van der Waals surface area contributed by atoms with Crippen molar-refractivity contribution >= 4 is 29.2 Å². The normalized spacial score (nSPS) is 10.3. The quantitative estimate of drug-likeness (QED) is 0.419. The number of hydrogen-bond donors (Lipinski definition) is 0. The molecule has 3 nitrogen and oxygen atoms in total. The topological polar surface area (TPSA) is 35.5 Å². The predicted molar refractivity (Wildman–Crippen MR) is 98.6 cm³/mol. The molecule has 3 rings (SSSR count). The van der Waals surface area contributed by atoms with E-state index in [0.717, 1.165) is 11.3 Å². The number of esters is 1. The lowest BCUT2D eigenvalue weighted by molar-refractivity contribution is 0.0735. The van der Waals surface area contributed by atoms with Crippen molar-refractivity contribution in [3.8, 4) is 11.5 Å². The van der Waals surface area contributed by atoms with Crippen molar-refractivity contribution in [2.45, 2.75) is 6.61 Å². The summed E-state index contributed by atoms with van der Waals surface area (Å²) < 4.78 is 11.0. The van der Waals surface area contributed by atoms with Crippen molar-refractivity contribution in [3.05, 3.63) is 94.0 Å². The average molecular weight is 373 g/mol. The number of rotatable bonds is 5. The first-order valence-electron chi connectivity index (χ1n) is 7.56. The summed E-state index contributed by atoms with van der Waals surface area (Å²) in [5.41, 5.74) is 1.36. The maximum atomic E-state index is 12.2. The number of carbonyl (C=O) groups excluding carboxylic acids is 1. The van der Waals surface area contributed by atoms with Crippen LogP contribution in [0.15, 0.2) is 72.8 Å². The number of carbonyl (C=O) groups is 1. The molecule has 126 valence electrons. The van der Waals surface area contributed by atoms with Gasteiger partial charge in [-0.3, -0.25) is 0 Å². The fourth-order valence-corrected chi connectivity index (χ4v) is 2.45.